The first-order valence-corrected chi connectivity index (χ1v) is 2.55. The van der Waals surface area contributed by atoms with Crippen molar-refractivity contribution >= 4 is 5.97 Å². The monoisotopic (exact) mass is 141 g/mol. The average molecular weight is 141 g/mol. The van der Waals surface area contributed by atoms with Gasteiger partial charge in [-0.25, -0.2) is 4.79 Å². The fraction of sp³-hybridized carbons (Fsp3) is 0.200. The maximum atomic E-state index is 10.6. The molecule has 0 aliphatic rings. The molecule has 0 unspecified atom stereocenters. The third-order valence-electron chi connectivity index (χ3n) is 0.933. The van der Waals surface area contributed by atoms with Crippen LogP contribution in [0.5, 0.6) is 5.88 Å². The van der Waals surface area contributed by atoms with Crippen molar-refractivity contribution in [2.45, 2.75) is 0 Å². The van der Waals surface area contributed by atoms with E-state index in [-0.39, 0.29) is 5.82 Å². The Morgan fingerprint density at radius 1 is 1.80 bits per heavy atom. The molecule has 0 aliphatic carbocycles. The van der Waals surface area contributed by atoms with Crippen LogP contribution in [0, 0.1) is 0 Å². The van der Waals surface area contributed by atoms with Crippen molar-refractivity contribution in [1.29, 1.82) is 0 Å². The fourth-order valence-electron chi connectivity index (χ4n) is 0.506. The molecule has 0 spiro atoms. The van der Waals surface area contributed by atoms with Gasteiger partial charge in [-0.05, 0) is 0 Å². The Kier molecular flexibility index (Phi) is 1.57. The molecule has 5 heteroatoms. The van der Waals surface area contributed by atoms with Crippen LogP contribution in [0.25, 0.3) is 0 Å². The molecule has 0 aromatic carbocycles. The molecule has 0 aliphatic heterocycles. The summed E-state index contributed by atoms with van der Waals surface area (Å²) in [6.07, 6.45) is 1.09. The highest BCUT2D eigenvalue weighted by atomic mass is 16.5. The number of H-pyrrole nitrogens is 1. The highest BCUT2D eigenvalue weighted by molar-refractivity contribution is 5.85. The number of imidazole rings is 1. The number of rotatable bonds is 1. The molecule has 53 valence electrons. The van der Waals surface area contributed by atoms with Crippen LogP contribution in [0.2, 0.25) is 0 Å². The molecule has 1 N–H and O–H groups in total. The minimum Gasteiger partial charge on any atom is -0.463 e. The number of aromatic nitrogens is 2. The SMILES string of the molecule is COC(=O)c1nc([O])c[nH]1. The van der Waals surface area contributed by atoms with Gasteiger partial charge < -0.3 is 9.72 Å². The fourth-order valence-corrected chi connectivity index (χ4v) is 0.506. The van der Waals surface area contributed by atoms with E-state index in [1.165, 1.54) is 7.11 Å². The molecule has 1 heterocycles. The van der Waals surface area contributed by atoms with E-state index >= 15 is 0 Å². The first-order valence-electron chi connectivity index (χ1n) is 2.55. The van der Waals surface area contributed by atoms with E-state index in [0.717, 1.165) is 6.20 Å². The van der Waals surface area contributed by atoms with Crippen molar-refractivity contribution in [1.82, 2.24) is 9.97 Å². The molecule has 0 bridgehead atoms. The number of aromatic amines is 1. The second-order valence-electron chi connectivity index (χ2n) is 1.58. The van der Waals surface area contributed by atoms with E-state index in [4.69, 9.17) is 0 Å². The van der Waals surface area contributed by atoms with E-state index in [2.05, 4.69) is 14.7 Å². The lowest BCUT2D eigenvalue weighted by Crippen LogP contribution is -2.02. The standard InChI is InChI=1S/C5H5N2O3/c1-10-5(9)4-6-2-3(8)7-4/h2H,1H3,(H,6,7). The van der Waals surface area contributed by atoms with Crippen molar-refractivity contribution in [3.8, 4) is 5.88 Å². The molecular weight excluding hydrogens is 136 g/mol. The van der Waals surface area contributed by atoms with Gasteiger partial charge in [-0.15, -0.1) is 0 Å². The predicted octanol–water partition coefficient (Wildman–Crippen LogP) is 0.340. The first-order chi connectivity index (χ1) is 4.74. The zero-order valence-electron chi connectivity index (χ0n) is 5.25. The third-order valence-corrected chi connectivity index (χ3v) is 0.933. The number of carbonyl (C=O) groups excluding carboxylic acids is 1. The Balaban J connectivity index is 2.85. The summed E-state index contributed by atoms with van der Waals surface area (Å²) in [5, 5.41) is 10.4. The summed E-state index contributed by atoms with van der Waals surface area (Å²) >= 11 is 0. The first kappa shape index (κ1) is 6.60. The van der Waals surface area contributed by atoms with E-state index in [1.807, 2.05) is 0 Å². The Morgan fingerprint density at radius 2 is 2.50 bits per heavy atom. The summed E-state index contributed by atoms with van der Waals surface area (Å²) in [6, 6.07) is 0. The van der Waals surface area contributed by atoms with Crippen molar-refractivity contribution in [3.05, 3.63) is 12.0 Å². The Morgan fingerprint density at radius 3 is 2.90 bits per heavy atom. The highest BCUT2D eigenvalue weighted by Gasteiger charge is 2.09. The maximum absolute atomic E-state index is 10.6. The van der Waals surface area contributed by atoms with E-state index < -0.39 is 11.8 Å². The molecule has 0 atom stereocenters. The summed E-state index contributed by atoms with van der Waals surface area (Å²) in [7, 11) is 1.22. The largest absolute Gasteiger partial charge is 0.463 e. The Bertz CT molecular complexity index is 243. The minimum atomic E-state index is -0.637. The summed E-state index contributed by atoms with van der Waals surface area (Å²) in [6.45, 7) is 0. The molecule has 0 fully saturated rings. The number of methoxy groups -OCH3 is 1. The Hall–Kier alpha value is -1.52. The van der Waals surface area contributed by atoms with Gasteiger partial charge in [-0.1, -0.05) is 0 Å². The lowest BCUT2D eigenvalue weighted by atomic mass is 10.6. The van der Waals surface area contributed by atoms with Gasteiger partial charge in [0.25, 0.3) is 5.88 Å². The van der Waals surface area contributed by atoms with Gasteiger partial charge >= 0.3 is 5.97 Å². The quantitative estimate of drug-likeness (QED) is 0.573. The molecule has 0 saturated heterocycles. The number of nitrogens with one attached hydrogen (secondary N) is 1. The average Bonchev–Trinajstić information content (AvgIpc) is 2.34. The third kappa shape index (κ3) is 1.07. The lowest BCUT2D eigenvalue weighted by molar-refractivity contribution is 0.0587. The molecule has 0 amide bonds. The molecule has 1 aromatic rings. The van der Waals surface area contributed by atoms with Crippen LogP contribution in [-0.2, 0) is 9.84 Å². The number of carbonyl (C=O) groups is 1. The Labute approximate surface area is 56.7 Å². The molecular formula is C5H5N2O3. The number of esters is 1. The molecule has 10 heavy (non-hydrogen) atoms. The van der Waals surface area contributed by atoms with Gasteiger partial charge in [0, 0.05) is 0 Å². The van der Waals surface area contributed by atoms with Gasteiger partial charge in [-0.3, -0.25) is 5.11 Å². The van der Waals surface area contributed by atoms with Gasteiger partial charge in [0.2, 0.25) is 5.82 Å². The van der Waals surface area contributed by atoms with Crippen LogP contribution in [0.15, 0.2) is 6.20 Å². The van der Waals surface area contributed by atoms with Crippen LogP contribution in [0.4, 0.5) is 0 Å². The normalized spacial score (nSPS) is 9.30. The second-order valence-corrected chi connectivity index (χ2v) is 1.58. The predicted molar refractivity (Wildman–Crippen MR) is 30.1 cm³/mol. The van der Waals surface area contributed by atoms with Gasteiger partial charge in [0.05, 0.1) is 13.3 Å². The molecule has 0 saturated carbocycles. The van der Waals surface area contributed by atoms with Crippen LogP contribution in [-0.4, -0.2) is 23.0 Å². The summed E-state index contributed by atoms with van der Waals surface area (Å²) in [5.74, 6) is -1.17. The van der Waals surface area contributed by atoms with E-state index in [1.54, 1.807) is 0 Å². The van der Waals surface area contributed by atoms with Gasteiger partial charge in [0.15, 0.2) is 0 Å². The van der Waals surface area contributed by atoms with Crippen molar-refractivity contribution in [2.24, 2.45) is 0 Å². The zero-order chi connectivity index (χ0) is 7.56. The van der Waals surface area contributed by atoms with Gasteiger partial charge in [-0.2, -0.15) is 4.98 Å². The lowest BCUT2D eigenvalue weighted by Gasteiger charge is -1.89. The van der Waals surface area contributed by atoms with Crippen LogP contribution in [0.3, 0.4) is 0 Å². The molecule has 1 rings (SSSR count). The number of hydrogen-bond acceptors (Lipinski definition) is 3. The highest BCUT2D eigenvalue weighted by Crippen LogP contribution is 2.03. The second kappa shape index (κ2) is 2.38. The van der Waals surface area contributed by atoms with Crippen molar-refractivity contribution in [2.75, 3.05) is 7.11 Å². The van der Waals surface area contributed by atoms with Crippen molar-refractivity contribution in [3.63, 3.8) is 0 Å². The minimum absolute atomic E-state index is 0.0625. The topological polar surface area (TPSA) is 74.9 Å². The maximum Gasteiger partial charge on any atom is 0.374 e. The zero-order valence-corrected chi connectivity index (χ0v) is 5.25. The van der Waals surface area contributed by atoms with Crippen molar-refractivity contribution < 1.29 is 14.6 Å². The number of hydrogen-bond donors (Lipinski definition) is 1. The molecule has 5 nitrogen and oxygen atoms in total. The van der Waals surface area contributed by atoms with E-state index in [0.29, 0.717) is 0 Å². The molecule has 1 radical (unpaired) electrons. The van der Waals surface area contributed by atoms with Gasteiger partial charge in [0.1, 0.15) is 0 Å². The number of ether oxygens (including phenoxy) is 1. The van der Waals surface area contributed by atoms with Crippen LogP contribution in [0.1, 0.15) is 10.6 Å². The summed E-state index contributed by atoms with van der Waals surface area (Å²) in [5.41, 5.74) is 0. The summed E-state index contributed by atoms with van der Waals surface area (Å²) in [4.78, 5) is 16.2. The molecule has 1 aromatic heterocycles. The van der Waals surface area contributed by atoms with E-state index in [9.17, 15) is 9.90 Å². The summed E-state index contributed by atoms with van der Waals surface area (Å²) < 4.78 is 4.28. The number of nitrogens with zero attached hydrogens (tertiary/aromatic N) is 1. The smallest absolute Gasteiger partial charge is 0.374 e. The van der Waals surface area contributed by atoms with Crippen LogP contribution >= 0.6 is 0 Å². The van der Waals surface area contributed by atoms with Crippen LogP contribution < -0.4 is 0 Å².